The molecule has 14 heavy (non-hydrogen) atoms. The molecule has 1 aliphatic heterocycles. The van der Waals surface area contributed by atoms with Crippen LogP contribution < -0.4 is 0 Å². The molecular weight excluding hydrogens is 174 g/mol. The fourth-order valence-corrected chi connectivity index (χ4v) is 1.50. The van der Waals surface area contributed by atoms with Crippen molar-refractivity contribution in [2.75, 3.05) is 32.8 Å². The van der Waals surface area contributed by atoms with Crippen LogP contribution in [0.3, 0.4) is 0 Å². The highest BCUT2D eigenvalue weighted by Gasteiger charge is 2.10. The van der Waals surface area contributed by atoms with Gasteiger partial charge in [0.05, 0.1) is 13.2 Å². The Kier molecular flexibility index (Phi) is 4.63. The van der Waals surface area contributed by atoms with E-state index in [9.17, 15) is 0 Å². The molecule has 2 heteroatoms. The second kappa shape index (κ2) is 5.78. The molecule has 0 aromatic heterocycles. The molecule has 0 N–H and O–H groups in total. The predicted molar refractivity (Wildman–Crippen MR) is 60.4 cm³/mol. The van der Waals surface area contributed by atoms with E-state index in [1.165, 1.54) is 5.57 Å². The zero-order valence-electron chi connectivity index (χ0n) is 8.96. The van der Waals surface area contributed by atoms with E-state index in [-0.39, 0.29) is 0 Å². The minimum Gasteiger partial charge on any atom is -0.379 e. The maximum Gasteiger partial charge on any atom is 0.0594 e. The third-order valence-corrected chi connectivity index (χ3v) is 2.20. The van der Waals surface area contributed by atoms with Gasteiger partial charge in [-0.25, -0.2) is 0 Å². The number of hydrogen-bond acceptors (Lipinski definition) is 2. The fraction of sp³-hybridized carbons (Fsp3) is 0.500. The van der Waals surface area contributed by atoms with Gasteiger partial charge in [0.2, 0.25) is 0 Å². The summed E-state index contributed by atoms with van der Waals surface area (Å²) in [5.74, 6) is 0. The van der Waals surface area contributed by atoms with Crippen molar-refractivity contribution < 1.29 is 4.74 Å². The molecule has 0 amide bonds. The SMILES string of the molecule is C=C/C(=C\C(=C)C)CN1CCOCC1. The topological polar surface area (TPSA) is 12.5 Å². The molecule has 0 aromatic rings. The summed E-state index contributed by atoms with van der Waals surface area (Å²) in [6.07, 6.45) is 3.99. The first-order valence-electron chi connectivity index (χ1n) is 5.01. The molecule has 1 fully saturated rings. The van der Waals surface area contributed by atoms with E-state index in [4.69, 9.17) is 4.74 Å². The summed E-state index contributed by atoms with van der Waals surface area (Å²) < 4.78 is 5.29. The number of nitrogens with zero attached hydrogens (tertiary/aromatic N) is 1. The summed E-state index contributed by atoms with van der Waals surface area (Å²) in [6.45, 7) is 14.4. The van der Waals surface area contributed by atoms with Crippen molar-refractivity contribution in [3.8, 4) is 0 Å². The quantitative estimate of drug-likeness (QED) is 0.633. The largest absolute Gasteiger partial charge is 0.379 e. The molecule has 1 heterocycles. The monoisotopic (exact) mass is 193 g/mol. The molecule has 2 nitrogen and oxygen atoms in total. The van der Waals surface area contributed by atoms with E-state index < -0.39 is 0 Å². The highest BCUT2D eigenvalue weighted by atomic mass is 16.5. The Labute approximate surface area is 86.6 Å². The lowest BCUT2D eigenvalue weighted by Gasteiger charge is -2.26. The maximum absolute atomic E-state index is 5.29. The molecule has 1 rings (SSSR count). The normalized spacial score (nSPS) is 19.4. The summed E-state index contributed by atoms with van der Waals surface area (Å²) >= 11 is 0. The molecule has 0 bridgehead atoms. The first-order valence-corrected chi connectivity index (χ1v) is 5.01. The van der Waals surface area contributed by atoms with Crippen molar-refractivity contribution in [3.63, 3.8) is 0 Å². The average molecular weight is 193 g/mol. The molecular formula is C12H19NO. The number of ether oxygens (including phenoxy) is 1. The van der Waals surface area contributed by atoms with E-state index in [1.54, 1.807) is 0 Å². The highest BCUT2D eigenvalue weighted by molar-refractivity contribution is 5.27. The molecule has 78 valence electrons. The van der Waals surface area contributed by atoms with Gasteiger partial charge in [-0.2, -0.15) is 0 Å². The van der Waals surface area contributed by atoms with Crippen LogP contribution in [0.4, 0.5) is 0 Å². The molecule has 0 saturated carbocycles. The van der Waals surface area contributed by atoms with E-state index in [0.29, 0.717) is 0 Å². The first kappa shape index (κ1) is 11.2. The fourth-order valence-electron chi connectivity index (χ4n) is 1.50. The zero-order chi connectivity index (χ0) is 10.4. The summed E-state index contributed by atoms with van der Waals surface area (Å²) in [7, 11) is 0. The molecule has 1 saturated heterocycles. The van der Waals surface area contributed by atoms with Crippen LogP contribution in [0.2, 0.25) is 0 Å². The standard InChI is InChI=1S/C12H19NO/c1-4-12(9-11(2)3)10-13-5-7-14-8-6-13/h4,9H,1-2,5-8,10H2,3H3/b12-9+. The zero-order valence-corrected chi connectivity index (χ0v) is 8.96. The smallest absolute Gasteiger partial charge is 0.0594 e. The van der Waals surface area contributed by atoms with E-state index in [2.05, 4.69) is 24.1 Å². The van der Waals surface area contributed by atoms with Crippen LogP contribution in [0.5, 0.6) is 0 Å². The first-order chi connectivity index (χ1) is 6.72. The average Bonchev–Trinajstić information content (AvgIpc) is 2.17. The number of allylic oxidation sites excluding steroid dienone is 2. The van der Waals surface area contributed by atoms with Crippen molar-refractivity contribution in [3.05, 3.63) is 36.5 Å². The van der Waals surface area contributed by atoms with Crippen LogP contribution in [0, 0.1) is 0 Å². The molecule has 0 atom stereocenters. The Morgan fingerprint density at radius 2 is 2.07 bits per heavy atom. The summed E-state index contributed by atoms with van der Waals surface area (Å²) in [4.78, 5) is 2.37. The van der Waals surface area contributed by atoms with Crippen LogP contribution in [0.25, 0.3) is 0 Å². The van der Waals surface area contributed by atoms with Crippen molar-refractivity contribution in [1.82, 2.24) is 4.90 Å². The number of morpholine rings is 1. The Morgan fingerprint density at radius 3 is 2.57 bits per heavy atom. The van der Waals surface area contributed by atoms with Gasteiger partial charge >= 0.3 is 0 Å². The second-order valence-electron chi connectivity index (χ2n) is 3.66. The third-order valence-electron chi connectivity index (χ3n) is 2.20. The highest BCUT2D eigenvalue weighted by Crippen LogP contribution is 2.06. The summed E-state index contributed by atoms with van der Waals surface area (Å²) in [5.41, 5.74) is 2.31. The van der Waals surface area contributed by atoms with Gasteiger partial charge in [0.1, 0.15) is 0 Å². The van der Waals surface area contributed by atoms with Gasteiger partial charge in [-0.05, 0) is 12.5 Å². The third kappa shape index (κ3) is 3.90. The predicted octanol–water partition coefficient (Wildman–Crippen LogP) is 2.01. The van der Waals surface area contributed by atoms with Crippen molar-refractivity contribution in [1.29, 1.82) is 0 Å². The Morgan fingerprint density at radius 1 is 1.43 bits per heavy atom. The second-order valence-corrected chi connectivity index (χ2v) is 3.66. The van der Waals surface area contributed by atoms with Gasteiger partial charge in [0, 0.05) is 19.6 Å². The molecule has 0 aliphatic carbocycles. The van der Waals surface area contributed by atoms with Gasteiger partial charge in [-0.15, -0.1) is 0 Å². The van der Waals surface area contributed by atoms with Crippen molar-refractivity contribution in [2.24, 2.45) is 0 Å². The van der Waals surface area contributed by atoms with E-state index >= 15 is 0 Å². The van der Waals surface area contributed by atoms with Crippen LogP contribution in [0.15, 0.2) is 36.5 Å². The van der Waals surface area contributed by atoms with E-state index in [1.807, 2.05) is 13.0 Å². The summed E-state index contributed by atoms with van der Waals surface area (Å²) in [5, 5.41) is 0. The maximum atomic E-state index is 5.29. The molecule has 0 aromatic carbocycles. The van der Waals surface area contributed by atoms with Gasteiger partial charge in [0.25, 0.3) is 0 Å². The van der Waals surface area contributed by atoms with E-state index in [0.717, 1.165) is 38.4 Å². The summed E-state index contributed by atoms with van der Waals surface area (Å²) in [6, 6.07) is 0. The number of rotatable bonds is 4. The van der Waals surface area contributed by atoms with Crippen molar-refractivity contribution >= 4 is 0 Å². The van der Waals surface area contributed by atoms with Crippen LogP contribution >= 0.6 is 0 Å². The van der Waals surface area contributed by atoms with Crippen LogP contribution in [0.1, 0.15) is 6.92 Å². The van der Waals surface area contributed by atoms with Crippen LogP contribution in [-0.4, -0.2) is 37.7 Å². The van der Waals surface area contributed by atoms with Gasteiger partial charge in [0.15, 0.2) is 0 Å². The molecule has 0 spiro atoms. The van der Waals surface area contributed by atoms with Gasteiger partial charge in [-0.1, -0.05) is 30.9 Å². The molecule has 0 radical (unpaired) electrons. The lowest BCUT2D eigenvalue weighted by molar-refractivity contribution is 0.0426. The lowest BCUT2D eigenvalue weighted by atomic mass is 10.1. The van der Waals surface area contributed by atoms with Gasteiger partial charge in [-0.3, -0.25) is 4.90 Å². The number of hydrogen-bond donors (Lipinski definition) is 0. The lowest BCUT2D eigenvalue weighted by Crippen LogP contribution is -2.37. The van der Waals surface area contributed by atoms with Crippen molar-refractivity contribution in [2.45, 2.75) is 6.92 Å². The Balaban J connectivity index is 2.46. The molecule has 1 aliphatic rings. The Hall–Kier alpha value is -0.860. The van der Waals surface area contributed by atoms with Gasteiger partial charge < -0.3 is 4.74 Å². The molecule has 0 unspecified atom stereocenters. The van der Waals surface area contributed by atoms with Crippen LogP contribution in [-0.2, 0) is 4.74 Å². The minimum atomic E-state index is 0.845. The minimum absolute atomic E-state index is 0.845. The Bertz CT molecular complexity index is 237.